The molecule has 0 unspecified atom stereocenters. The third kappa shape index (κ3) is 3.15. The topological polar surface area (TPSA) is 85.1 Å². The highest BCUT2D eigenvalue weighted by molar-refractivity contribution is 7.92. The molecule has 0 spiro atoms. The van der Waals surface area contributed by atoms with E-state index in [0.717, 1.165) is 11.1 Å². The first-order valence-corrected chi connectivity index (χ1v) is 7.67. The number of sulfonamides is 1. The Morgan fingerprint density at radius 2 is 1.90 bits per heavy atom. The lowest BCUT2D eigenvalue weighted by Crippen LogP contribution is -2.15. The van der Waals surface area contributed by atoms with Crippen LogP contribution in [0, 0.1) is 13.8 Å². The highest BCUT2D eigenvalue weighted by atomic mass is 32.2. The van der Waals surface area contributed by atoms with Crippen molar-refractivity contribution in [2.24, 2.45) is 5.73 Å². The van der Waals surface area contributed by atoms with Crippen LogP contribution in [0.3, 0.4) is 0 Å². The number of rotatable bonds is 4. The van der Waals surface area contributed by atoms with Crippen molar-refractivity contribution in [3.05, 3.63) is 53.2 Å². The van der Waals surface area contributed by atoms with Gasteiger partial charge in [-0.25, -0.2) is 13.4 Å². The first-order valence-electron chi connectivity index (χ1n) is 6.18. The van der Waals surface area contributed by atoms with Crippen LogP contribution < -0.4 is 10.5 Å². The first kappa shape index (κ1) is 14.5. The molecule has 0 saturated heterocycles. The van der Waals surface area contributed by atoms with Crippen molar-refractivity contribution in [2.45, 2.75) is 25.3 Å². The number of aryl methyl sites for hydroxylation is 2. The third-order valence-corrected chi connectivity index (χ3v) is 4.40. The molecule has 2 aromatic rings. The summed E-state index contributed by atoms with van der Waals surface area (Å²) in [5.41, 5.74) is 8.10. The molecule has 1 heterocycles. The number of aromatic nitrogens is 1. The van der Waals surface area contributed by atoms with Crippen molar-refractivity contribution in [1.82, 2.24) is 4.98 Å². The zero-order chi connectivity index (χ0) is 14.8. The highest BCUT2D eigenvalue weighted by Crippen LogP contribution is 2.17. The summed E-state index contributed by atoms with van der Waals surface area (Å²) < 4.78 is 27.0. The van der Waals surface area contributed by atoms with E-state index in [-0.39, 0.29) is 17.3 Å². The summed E-state index contributed by atoms with van der Waals surface area (Å²) in [5.74, 6) is 0.270. The maximum Gasteiger partial charge on any atom is 0.263 e. The van der Waals surface area contributed by atoms with Crippen LogP contribution in [0.15, 0.2) is 41.3 Å². The summed E-state index contributed by atoms with van der Waals surface area (Å²) in [4.78, 5) is 4.35. The molecule has 0 radical (unpaired) electrons. The van der Waals surface area contributed by atoms with Crippen molar-refractivity contribution in [2.75, 3.05) is 4.72 Å². The number of pyridine rings is 1. The van der Waals surface area contributed by atoms with Crippen molar-refractivity contribution < 1.29 is 8.42 Å². The second-order valence-electron chi connectivity index (χ2n) is 4.57. The summed E-state index contributed by atoms with van der Waals surface area (Å²) >= 11 is 0. The second kappa shape index (κ2) is 5.60. The fourth-order valence-corrected chi connectivity index (χ4v) is 2.81. The van der Waals surface area contributed by atoms with Gasteiger partial charge in [0.15, 0.2) is 0 Å². The molecule has 0 aliphatic carbocycles. The van der Waals surface area contributed by atoms with Crippen molar-refractivity contribution >= 4 is 15.8 Å². The van der Waals surface area contributed by atoms with Gasteiger partial charge in [0.2, 0.25) is 0 Å². The Balaban J connectivity index is 2.32. The second-order valence-corrected chi connectivity index (χ2v) is 6.25. The molecule has 0 atom stereocenters. The van der Waals surface area contributed by atoms with E-state index in [9.17, 15) is 8.42 Å². The molecule has 0 fully saturated rings. The lowest BCUT2D eigenvalue weighted by molar-refractivity contribution is 0.601. The van der Waals surface area contributed by atoms with Gasteiger partial charge in [-0.05, 0) is 49.2 Å². The van der Waals surface area contributed by atoms with Crippen molar-refractivity contribution in [3.63, 3.8) is 0 Å². The molecular weight excluding hydrogens is 274 g/mol. The number of benzene rings is 1. The Labute approximate surface area is 118 Å². The average molecular weight is 291 g/mol. The highest BCUT2D eigenvalue weighted by Gasteiger charge is 2.15. The minimum Gasteiger partial charge on any atom is -0.325 e. The number of nitrogens with zero attached hydrogens (tertiary/aromatic N) is 1. The Morgan fingerprint density at radius 1 is 1.15 bits per heavy atom. The minimum atomic E-state index is -3.63. The van der Waals surface area contributed by atoms with E-state index in [4.69, 9.17) is 5.73 Å². The largest absolute Gasteiger partial charge is 0.325 e. The van der Waals surface area contributed by atoms with Gasteiger partial charge in [0, 0.05) is 6.54 Å². The quantitative estimate of drug-likeness (QED) is 0.901. The average Bonchev–Trinajstić information content (AvgIpc) is 2.41. The standard InChI is InChI=1S/C14H17N3O2S/c1-10-6-7-13(8-11(10)2)20(18,19)17-14-5-3-4-12(9-15)16-14/h3-8H,9,15H2,1-2H3,(H,16,17). The van der Waals surface area contributed by atoms with Crippen LogP contribution in [0.25, 0.3) is 0 Å². The molecule has 2 rings (SSSR count). The van der Waals surface area contributed by atoms with E-state index in [2.05, 4.69) is 9.71 Å². The maximum absolute atomic E-state index is 12.3. The van der Waals surface area contributed by atoms with Gasteiger partial charge in [0.25, 0.3) is 10.0 Å². The monoisotopic (exact) mass is 291 g/mol. The molecule has 0 amide bonds. The molecule has 5 nitrogen and oxygen atoms in total. The van der Waals surface area contributed by atoms with Crippen LogP contribution in [-0.2, 0) is 16.6 Å². The predicted molar refractivity (Wildman–Crippen MR) is 78.9 cm³/mol. The molecule has 20 heavy (non-hydrogen) atoms. The molecule has 0 bridgehead atoms. The van der Waals surface area contributed by atoms with E-state index < -0.39 is 10.0 Å². The molecule has 0 saturated carbocycles. The molecule has 0 aliphatic heterocycles. The van der Waals surface area contributed by atoms with Crippen molar-refractivity contribution in [3.8, 4) is 0 Å². The van der Waals surface area contributed by atoms with E-state index in [0.29, 0.717) is 5.69 Å². The van der Waals surface area contributed by atoms with Crippen LogP contribution in [0.4, 0.5) is 5.82 Å². The van der Waals surface area contributed by atoms with Gasteiger partial charge in [0.1, 0.15) is 5.82 Å². The van der Waals surface area contributed by atoms with E-state index >= 15 is 0 Å². The summed E-state index contributed by atoms with van der Waals surface area (Å²) in [5, 5.41) is 0. The van der Waals surface area contributed by atoms with E-state index in [1.165, 1.54) is 0 Å². The van der Waals surface area contributed by atoms with Gasteiger partial charge in [-0.2, -0.15) is 0 Å². The zero-order valence-corrected chi connectivity index (χ0v) is 12.2. The number of hydrogen-bond acceptors (Lipinski definition) is 4. The molecule has 3 N–H and O–H groups in total. The Bertz CT molecular complexity index is 727. The van der Waals surface area contributed by atoms with Crippen LogP contribution in [0.2, 0.25) is 0 Å². The summed E-state index contributed by atoms with van der Waals surface area (Å²) in [7, 11) is -3.63. The number of anilines is 1. The molecule has 1 aromatic heterocycles. The predicted octanol–water partition coefficient (Wildman–Crippen LogP) is 1.96. The van der Waals surface area contributed by atoms with Crippen LogP contribution in [0.1, 0.15) is 16.8 Å². The fourth-order valence-electron chi connectivity index (χ4n) is 1.73. The summed E-state index contributed by atoms with van der Waals surface area (Å²) in [6, 6.07) is 10.1. The number of nitrogens with two attached hydrogens (primary N) is 1. The maximum atomic E-state index is 12.3. The number of hydrogen-bond donors (Lipinski definition) is 2. The molecule has 0 aliphatic rings. The molecular formula is C14H17N3O2S. The SMILES string of the molecule is Cc1ccc(S(=O)(=O)Nc2cccc(CN)n2)cc1C. The van der Waals surface area contributed by atoms with Gasteiger partial charge in [-0.1, -0.05) is 12.1 Å². The van der Waals surface area contributed by atoms with Crippen LogP contribution in [-0.4, -0.2) is 13.4 Å². The van der Waals surface area contributed by atoms with Gasteiger partial charge in [-0.3, -0.25) is 4.72 Å². The van der Waals surface area contributed by atoms with Crippen molar-refractivity contribution in [1.29, 1.82) is 0 Å². The van der Waals surface area contributed by atoms with Gasteiger partial charge >= 0.3 is 0 Å². The Morgan fingerprint density at radius 3 is 2.55 bits per heavy atom. The summed E-state index contributed by atoms with van der Waals surface area (Å²) in [6.07, 6.45) is 0. The Hall–Kier alpha value is -1.92. The normalized spacial score (nSPS) is 11.3. The Kier molecular flexibility index (Phi) is 4.06. The van der Waals surface area contributed by atoms with E-state index in [1.54, 1.807) is 36.4 Å². The fraction of sp³-hybridized carbons (Fsp3) is 0.214. The minimum absolute atomic E-state index is 0.223. The smallest absolute Gasteiger partial charge is 0.263 e. The third-order valence-electron chi connectivity index (χ3n) is 3.04. The number of nitrogens with one attached hydrogen (secondary N) is 1. The molecule has 106 valence electrons. The van der Waals surface area contributed by atoms with Gasteiger partial charge in [-0.15, -0.1) is 0 Å². The first-order chi connectivity index (χ1) is 9.42. The van der Waals surface area contributed by atoms with Crippen LogP contribution >= 0.6 is 0 Å². The van der Waals surface area contributed by atoms with E-state index in [1.807, 2.05) is 13.8 Å². The van der Waals surface area contributed by atoms with Crippen LogP contribution in [0.5, 0.6) is 0 Å². The molecule has 6 heteroatoms. The lowest BCUT2D eigenvalue weighted by Gasteiger charge is -2.09. The zero-order valence-electron chi connectivity index (χ0n) is 11.4. The summed E-state index contributed by atoms with van der Waals surface area (Å²) in [6.45, 7) is 4.08. The van der Waals surface area contributed by atoms with Gasteiger partial charge < -0.3 is 5.73 Å². The molecule has 1 aromatic carbocycles. The lowest BCUT2D eigenvalue weighted by atomic mass is 10.1. The van der Waals surface area contributed by atoms with Gasteiger partial charge in [0.05, 0.1) is 10.6 Å².